The maximum atomic E-state index is 12.8. The highest BCUT2D eigenvalue weighted by atomic mass is 16.5. The molecule has 1 fully saturated rings. The molecule has 3 aromatic rings. The van der Waals surface area contributed by atoms with Crippen LogP contribution in [0.4, 0.5) is 0 Å². The fourth-order valence-corrected chi connectivity index (χ4v) is 3.34. The number of nitrogens with one attached hydrogen (secondary N) is 1. The standard InChI is InChI=1S/C21H22N4O3/c26-20(24-10-12-28-13-11-24)15-25-18-9-5-4-8-17(18)23-19(25)14-22-21(27)16-6-2-1-3-7-16/h1-9H,10-15H2,(H,22,27). The largest absolute Gasteiger partial charge is 0.378 e. The molecule has 1 saturated heterocycles. The average molecular weight is 378 g/mol. The molecule has 2 aromatic carbocycles. The van der Waals surface area contributed by atoms with Crippen molar-refractivity contribution in [3.8, 4) is 0 Å². The molecule has 1 aromatic heterocycles. The van der Waals surface area contributed by atoms with E-state index < -0.39 is 0 Å². The van der Waals surface area contributed by atoms with Gasteiger partial charge in [0.25, 0.3) is 5.91 Å². The van der Waals surface area contributed by atoms with Gasteiger partial charge in [-0.2, -0.15) is 0 Å². The monoisotopic (exact) mass is 378 g/mol. The van der Waals surface area contributed by atoms with Crippen molar-refractivity contribution >= 4 is 22.8 Å². The predicted octanol–water partition coefficient (Wildman–Crippen LogP) is 1.83. The van der Waals surface area contributed by atoms with Crippen LogP contribution < -0.4 is 5.32 Å². The van der Waals surface area contributed by atoms with Gasteiger partial charge in [0.2, 0.25) is 5.91 Å². The molecule has 4 rings (SSSR count). The van der Waals surface area contributed by atoms with Crippen molar-refractivity contribution in [1.82, 2.24) is 19.8 Å². The zero-order valence-electron chi connectivity index (χ0n) is 15.5. The van der Waals surface area contributed by atoms with Crippen molar-refractivity contribution in [2.24, 2.45) is 0 Å². The number of aromatic nitrogens is 2. The number of carbonyl (C=O) groups is 2. The van der Waals surface area contributed by atoms with Crippen molar-refractivity contribution in [2.75, 3.05) is 26.3 Å². The van der Waals surface area contributed by atoms with E-state index in [-0.39, 0.29) is 24.9 Å². The van der Waals surface area contributed by atoms with Crippen LogP contribution in [0.5, 0.6) is 0 Å². The minimum atomic E-state index is -0.168. The summed E-state index contributed by atoms with van der Waals surface area (Å²) in [6.07, 6.45) is 0. The SMILES string of the molecule is O=C(NCc1nc2ccccc2n1CC(=O)N1CCOCC1)c1ccccc1. The second kappa shape index (κ2) is 8.22. The van der Waals surface area contributed by atoms with Crippen molar-refractivity contribution in [2.45, 2.75) is 13.1 Å². The van der Waals surface area contributed by atoms with E-state index in [0.717, 1.165) is 11.0 Å². The van der Waals surface area contributed by atoms with Gasteiger partial charge in [0, 0.05) is 18.7 Å². The molecule has 1 aliphatic heterocycles. The summed E-state index contributed by atoms with van der Waals surface area (Å²) in [4.78, 5) is 31.6. The molecule has 2 amide bonds. The Morgan fingerprint density at radius 1 is 1.00 bits per heavy atom. The summed E-state index contributed by atoms with van der Waals surface area (Å²) in [6, 6.07) is 16.7. The van der Waals surface area contributed by atoms with Gasteiger partial charge < -0.3 is 19.5 Å². The van der Waals surface area contributed by atoms with Crippen LogP contribution in [-0.2, 0) is 22.6 Å². The van der Waals surface area contributed by atoms with Crippen LogP contribution in [0.1, 0.15) is 16.2 Å². The van der Waals surface area contributed by atoms with Gasteiger partial charge in [0.05, 0.1) is 30.8 Å². The molecule has 7 heteroatoms. The average Bonchev–Trinajstić information content (AvgIpc) is 3.10. The molecular formula is C21H22N4O3. The molecule has 0 atom stereocenters. The van der Waals surface area contributed by atoms with E-state index in [2.05, 4.69) is 10.3 Å². The summed E-state index contributed by atoms with van der Waals surface area (Å²) in [5.41, 5.74) is 2.28. The summed E-state index contributed by atoms with van der Waals surface area (Å²) in [7, 11) is 0. The number of hydrogen-bond acceptors (Lipinski definition) is 4. The van der Waals surface area contributed by atoms with E-state index in [9.17, 15) is 9.59 Å². The number of nitrogens with zero attached hydrogens (tertiary/aromatic N) is 3. The molecule has 0 unspecified atom stereocenters. The molecule has 0 spiro atoms. The first-order chi connectivity index (χ1) is 13.7. The van der Waals surface area contributed by atoms with Crippen molar-refractivity contribution < 1.29 is 14.3 Å². The first kappa shape index (κ1) is 18.2. The van der Waals surface area contributed by atoms with E-state index in [1.165, 1.54) is 0 Å². The highest BCUT2D eigenvalue weighted by Crippen LogP contribution is 2.17. The third kappa shape index (κ3) is 3.89. The Hall–Kier alpha value is -3.19. The molecular weight excluding hydrogens is 356 g/mol. The fourth-order valence-electron chi connectivity index (χ4n) is 3.34. The minimum Gasteiger partial charge on any atom is -0.378 e. The minimum absolute atomic E-state index is 0.0297. The second-order valence-corrected chi connectivity index (χ2v) is 6.64. The lowest BCUT2D eigenvalue weighted by atomic mass is 10.2. The number of rotatable bonds is 5. The van der Waals surface area contributed by atoms with Gasteiger partial charge in [-0.1, -0.05) is 30.3 Å². The first-order valence-electron chi connectivity index (χ1n) is 9.35. The third-order valence-electron chi connectivity index (χ3n) is 4.83. The Morgan fingerprint density at radius 3 is 2.50 bits per heavy atom. The smallest absolute Gasteiger partial charge is 0.251 e. The van der Waals surface area contributed by atoms with E-state index >= 15 is 0 Å². The Bertz CT molecular complexity index is 978. The molecule has 0 saturated carbocycles. The van der Waals surface area contributed by atoms with Crippen molar-refractivity contribution in [3.05, 3.63) is 66.0 Å². The van der Waals surface area contributed by atoms with Crippen LogP contribution in [0.15, 0.2) is 54.6 Å². The third-order valence-corrected chi connectivity index (χ3v) is 4.83. The molecule has 1 N–H and O–H groups in total. The zero-order chi connectivity index (χ0) is 19.3. The summed E-state index contributed by atoms with van der Waals surface area (Å²) < 4.78 is 7.21. The van der Waals surface area contributed by atoms with Gasteiger partial charge in [-0.25, -0.2) is 4.98 Å². The van der Waals surface area contributed by atoms with Gasteiger partial charge in [-0.3, -0.25) is 9.59 Å². The number of morpholine rings is 1. The summed E-state index contributed by atoms with van der Waals surface area (Å²) in [5.74, 6) is 0.521. The highest BCUT2D eigenvalue weighted by Gasteiger charge is 2.20. The number of amides is 2. The summed E-state index contributed by atoms with van der Waals surface area (Å²) >= 11 is 0. The van der Waals surface area contributed by atoms with Gasteiger partial charge >= 0.3 is 0 Å². The summed E-state index contributed by atoms with van der Waals surface area (Å²) in [6.45, 7) is 2.78. The van der Waals surface area contributed by atoms with Crippen LogP contribution in [0.2, 0.25) is 0 Å². The van der Waals surface area contributed by atoms with E-state index in [1.807, 2.05) is 51.9 Å². The number of para-hydroxylation sites is 2. The first-order valence-corrected chi connectivity index (χ1v) is 9.35. The Balaban J connectivity index is 1.54. The van der Waals surface area contributed by atoms with E-state index in [1.54, 1.807) is 12.1 Å². The van der Waals surface area contributed by atoms with Gasteiger partial charge in [0.15, 0.2) is 0 Å². The van der Waals surface area contributed by atoms with E-state index in [4.69, 9.17) is 4.74 Å². The van der Waals surface area contributed by atoms with Crippen LogP contribution in [-0.4, -0.2) is 52.6 Å². The number of benzene rings is 2. The number of imidazole rings is 1. The molecule has 0 bridgehead atoms. The number of ether oxygens (including phenoxy) is 1. The lowest BCUT2D eigenvalue weighted by Gasteiger charge is -2.27. The van der Waals surface area contributed by atoms with Crippen molar-refractivity contribution in [3.63, 3.8) is 0 Å². The Labute approximate surface area is 162 Å². The molecule has 28 heavy (non-hydrogen) atoms. The number of carbonyl (C=O) groups excluding carboxylic acids is 2. The lowest BCUT2D eigenvalue weighted by molar-refractivity contribution is -0.135. The van der Waals surface area contributed by atoms with Crippen LogP contribution in [0, 0.1) is 0 Å². The molecule has 0 aliphatic carbocycles. The fraction of sp³-hybridized carbons (Fsp3) is 0.286. The number of hydrogen-bond donors (Lipinski definition) is 1. The Morgan fingerprint density at radius 2 is 1.71 bits per heavy atom. The predicted molar refractivity (Wildman–Crippen MR) is 105 cm³/mol. The van der Waals surface area contributed by atoms with Crippen LogP contribution in [0.25, 0.3) is 11.0 Å². The topological polar surface area (TPSA) is 76.5 Å². The normalized spacial score (nSPS) is 14.2. The maximum Gasteiger partial charge on any atom is 0.251 e. The van der Waals surface area contributed by atoms with Gasteiger partial charge in [0.1, 0.15) is 12.4 Å². The highest BCUT2D eigenvalue weighted by molar-refractivity contribution is 5.94. The second-order valence-electron chi connectivity index (χ2n) is 6.64. The van der Waals surface area contributed by atoms with Crippen molar-refractivity contribution in [1.29, 1.82) is 0 Å². The van der Waals surface area contributed by atoms with E-state index in [0.29, 0.717) is 37.7 Å². The zero-order valence-corrected chi connectivity index (χ0v) is 15.5. The quantitative estimate of drug-likeness (QED) is 0.735. The van der Waals surface area contributed by atoms with Gasteiger partial charge in [-0.05, 0) is 24.3 Å². The molecule has 1 aliphatic rings. The Kier molecular flexibility index (Phi) is 5.34. The number of fused-ring (bicyclic) bond motifs is 1. The molecule has 0 radical (unpaired) electrons. The lowest BCUT2D eigenvalue weighted by Crippen LogP contribution is -2.42. The molecule has 2 heterocycles. The molecule has 7 nitrogen and oxygen atoms in total. The molecule has 144 valence electrons. The van der Waals surface area contributed by atoms with Crippen LogP contribution >= 0.6 is 0 Å². The summed E-state index contributed by atoms with van der Waals surface area (Å²) in [5, 5.41) is 2.90. The maximum absolute atomic E-state index is 12.8. The van der Waals surface area contributed by atoms with Gasteiger partial charge in [-0.15, -0.1) is 0 Å². The van der Waals surface area contributed by atoms with Crippen LogP contribution in [0.3, 0.4) is 0 Å².